The molecule has 22 heavy (non-hydrogen) atoms. The van der Waals surface area contributed by atoms with Gasteiger partial charge in [0.15, 0.2) is 0 Å². The smallest absolute Gasteiger partial charge is 0.150 e. The summed E-state index contributed by atoms with van der Waals surface area (Å²) in [6.45, 7) is 0. The number of rotatable bonds is 4. The van der Waals surface area contributed by atoms with Crippen LogP contribution in [0, 0.1) is 0 Å². The molecule has 0 spiro atoms. The highest BCUT2D eigenvalue weighted by Crippen LogP contribution is 2.31. The van der Waals surface area contributed by atoms with Gasteiger partial charge in [0.2, 0.25) is 0 Å². The van der Waals surface area contributed by atoms with Crippen LogP contribution >= 0.6 is 0 Å². The molecule has 3 rings (SSSR count). The number of nitrogens with two attached hydrogens (primary N) is 2. The lowest BCUT2D eigenvalue weighted by atomic mass is 10.2. The molecule has 3 aromatic rings. The second-order valence-electron chi connectivity index (χ2n) is 4.79. The van der Waals surface area contributed by atoms with Gasteiger partial charge in [-0.05, 0) is 42.5 Å². The highest BCUT2D eigenvalue weighted by molar-refractivity contribution is 5.61. The van der Waals surface area contributed by atoms with Crippen molar-refractivity contribution >= 4 is 11.4 Å². The zero-order chi connectivity index (χ0) is 15.4. The van der Waals surface area contributed by atoms with Gasteiger partial charge in [-0.2, -0.15) is 0 Å². The average molecular weight is 292 g/mol. The van der Waals surface area contributed by atoms with Crippen molar-refractivity contribution in [3.8, 4) is 23.0 Å². The molecule has 0 radical (unpaired) electrons. The van der Waals surface area contributed by atoms with Crippen LogP contribution < -0.4 is 20.9 Å². The van der Waals surface area contributed by atoms with E-state index in [1.165, 1.54) is 0 Å². The SMILES string of the molecule is Nc1ccc(Oc2cccc(Oc3ccccc3)c2)c(N)c1. The normalized spacial score (nSPS) is 10.2. The Balaban J connectivity index is 1.79. The maximum atomic E-state index is 5.89. The van der Waals surface area contributed by atoms with Gasteiger partial charge >= 0.3 is 0 Å². The second-order valence-corrected chi connectivity index (χ2v) is 4.79. The summed E-state index contributed by atoms with van der Waals surface area (Å²) in [5, 5.41) is 0. The quantitative estimate of drug-likeness (QED) is 0.698. The van der Waals surface area contributed by atoms with Crippen LogP contribution in [-0.4, -0.2) is 0 Å². The van der Waals surface area contributed by atoms with Gasteiger partial charge in [-0.15, -0.1) is 0 Å². The molecule has 4 heteroatoms. The molecule has 0 aliphatic carbocycles. The first kappa shape index (κ1) is 13.8. The Morgan fingerprint density at radius 3 is 2.00 bits per heavy atom. The number of hydrogen-bond donors (Lipinski definition) is 2. The number of hydrogen-bond acceptors (Lipinski definition) is 4. The van der Waals surface area contributed by atoms with E-state index in [1.807, 2.05) is 54.6 Å². The summed E-state index contributed by atoms with van der Waals surface area (Å²) in [5.74, 6) is 2.67. The molecule has 0 atom stereocenters. The molecule has 3 aromatic carbocycles. The summed E-state index contributed by atoms with van der Waals surface area (Å²) in [6, 6.07) is 22.1. The Labute approximate surface area is 128 Å². The lowest BCUT2D eigenvalue weighted by molar-refractivity contribution is 0.461. The largest absolute Gasteiger partial charge is 0.457 e. The van der Waals surface area contributed by atoms with Crippen molar-refractivity contribution in [2.75, 3.05) is 11.5 Å². The molecule has 0 fully saturated rings. The Bertz CT molecular complexity index is 773. The predicted octanol–water partition coefficient (Wildman–Crippen LogP) is 4.44. The lowest BCUT2D eigenvalue weighted by Crippen LogP contribution is -1.94. The van der Waals surface area contributed by atoms with E-state index in [1.54, 1.807) is 18.2 Å². The summed E-state index contributed by atoms with van der Waals surface area (Å²) in [5.41, 5.74) is 12.7. The Kier molecular flexibility index (Phi) is 3.83. The van der Waals surface area contributed by atoms with Crippen LogP contribution in [0.5, 0.6) is 23.0 Å². The van der Waals surface area contributed by atoms with Crippen LogP contribution in [0.1, 0.15) is 0 Å². The molecule has 0 heterocycles. The summed E-state index contributed by atoms with van der Waals surface area (Å²) >= 11 is 0. The maximum Gasteiger partial charge on any atom is 0.150 e. The van der Waals surface area contributed by atoms with E-state index in [-0.39, 0.29) is 0 Å². The van der Waals surface area contributed by atoms with Gasteiger partial charge in [0.25, 0.3) is 0 Å². The first-order valence-corrected chi connectivity index (χ1v) is 6.86. The molecule has 4 N–H and O–H groups in total. The van der Waals surface area contributed by atoms with Crippen molar-refractivity contribution in [3.63, 3.8) is 0 Å². The Morgan fingerprint density at radius 2 is 1.27 bits per heavy atom. The minimum atomic E-state index is 0.495. The van der Waals surface area contributed by atoms with Gasteiger partial charge < -0.3 is 20.9 Å². The first-order chi connectivity index (χ1) is 10.7. The topological polar surface area (TPSA) is 70.5 Å². The average Bonchev–Trinajstić information content (AvgIpc) is 2.52. The van der Waals surface area contributed by atoms with Crippen molar-refractivity contribution < 1.29 is 9.47 Å². The monoisotopic (exact) mass is 292 g/mol. The minimum absolute atomic E-state index is 0.495. The van der Waals surface area contributed by atoms with E-state index >= 15 is 0 Å². The molecular weight excluding hydrogens is 276 g/mol. The van der Waals surface area contributed by atoms with E-state index in [0.29, 0.717) is 28.6 Å². The van der Waals surface area contributed by atoms with Gasteiger partial charge in [0.05, 0.1) is 5.69 Å². The summed E-state index contributed by atoms with van der Waals surface area (Å²) in [6.07, 6.45) is 0. The highest BCUT2D eigenvalue weighted by atomic mass is 16.5. The Hall–Kier alpha value is -3.14. The van der Waals surface area contributed by atoms with Gasteiger partial charge in [-0.3, -0.25) is 0 Å². The van der Waals surface area contributed by atoms with Crippen LogP contribution in [0.2, 0.25) is 0 Å². The van der Waals surface area contributed by atoms with Crippen LogP contribution in [0.4, 0.5) is 11.4 Å². The number of benzene rings is 3. The molecular formula is C18H16N2O2. The summed E-state index contributed by atoms with van der Waals surface area (Å²) in [4.78, 5) is 0. The molecule has 0 saturated heterocycles. The van der Waals surface area contributed by atoms with E-state index < -0.39 is 0 Å². The van der Waals surface area contributed by atoms with Gasteiger partial charge in [0, 0.05) is 11.8 Å². The molecule has 110 valence electrons. The van der Waals surface area contributed by atoms with Crippen molar-refractivity contribution in [2.24, 2.45) is 0 Å². The number of para-hydroxylation sites is 1. The molecule has 4 nitrogen and oxygen atoms in total. The number of anilines is 2. The maximum absolute atomic E-state index is 5.89. The van der Waals surface area contributed by atoms with E-state index in [2.05, 4.69) is 0 Å². The fourth-order valence-corrected chi connectivity index (χ4v) is 2.01. The van der Waals surface area contributed by atoms with Crippen LogP contribution in [0.25, 0.3) is 0 Å². The molecule has 0 aliphatic rings. The molecule has 0 saturated carbocycles. The molecule has 0 unspecified atom stereocenters. The molecule has 0 bridgehead atoms. The van der Waals surface area contributed by atoms with E-state index in [4.69, 9.17) is 20.9 Å². The zero-order valence-corrected chi connectivity index (χ0v) is 11.9. The van der Waals surface area contributed by atoms with Crippen molar-refractivity contribution in [1.29, 1.82) is 0 Å². The van der Waals surface area contributed by atoms with Crippen molar-refractivity contribution in [2.45, 2.75) is 0 Å². The first-order valence-electron chi connectivity index (χ1n) is 6.86. The third-order valence-electron chi connectivity index (χ3n) is 3.05. The lowest BCUT2D eigenvalue weighted by Gasteiger charge is -2.11. The van der Waals surface area contributed by atoms with Gasteiger partial charge in [-0.1, -0.05) is 24.3 Å². The van der Waals surface area contributed by atoms with Crippen LogP contribution in [0.15, 0.2) is 72.8 Å². The van der Waals surface area contributed by atoms with Gasteiger partial charge in [0.1, 0.15) is 23.0 Å². The standard InChI is InChI=1S/C18H16N2O2/c19-13-9-10-18(17(20)11-13)22-16-8-4-7-15(12-16)21-14-5-2-1-3-6-14/h1-12H,19-20H2. The molecule has 0 aromatic heterocycles. The van der Waals surface area contributed by atoms with E-state index in [9.17, 15) is 0 Å². The van der Waals surface area contributed by atoms with Crippen LogP contribution in [-0.2, 0) is 0 Å². The third-order valence-corrected chi connectivity index (χ3v) is 3.05. The minimum Gasteiger partial charge on any atom is -0.457 e. The van der Waals surface area contributed by atoms with Crippen molar-refractivity contribution in [1.82, 2.24) is 0 Å². The van der Waals surface area contributed by atoms with E-state index in [0.717, 1.165) is 5.75 Å². The fraction of sp³-hybridized carbons (Fsp3) is 0. The third kappa shape index (κ3) is 3.30. The fourth-order valence-electron chi connectivity index (χ4n) is 2.01. The van der Waals surface area contributed by atoms with Gasteiger partial charge in [-0.25, -0.2) is 0 Å². The number of nitrogen functional groups attached to an aromatic ring is 2. The van der Waals surface area contributed by atoms with Crippen LogP contribution in [0.3, 0.4) is 0 Å². The number of ether oxygens (including phenoxy) is 2. The highest BCUT2D eigenvalue weighted by Gasteiger charge is 2.04. The Morgan fingerprint density at radius 1 is 0.591 bits per heavy atom. The predicted molar refractivity (Wildman–Crippen MR) is 88.3 cm³/mol. The summed E-state index contributed by atoms with van der Waals surface area (Å²) < 4.78 is 11.6. The molecule has 0 amide bonds. The summed E-state index contributed by atoms with van der Waals surface area (Å²) in [7, 11) is 0. The van der Waals surface area contributed by atoms with Crippen molar-refractivity contribution in [3.05, 3.63) is 72.8 Å². The zero-order valence-electron chi connectivity index (χ0n) is 11.9. The second kappa shape index (κ2) is 6.10. The molecule has 0 aliphatic heterocycles.